The summed E-state index contributed by atoms with van der Waals surface area (Å²) in [6.07, 6.45) is 0. The van der Waals surface area contributed by atoms with Gasteiger partial charge in [0.05, 0.1) is 5.56 Å². The van der Waals surface area contributed by atoms with Gasteiger partial charge in [0.25, 0.3) is 0 Å². The van der Waals surface area contributed by atoms with E-state index >= 15 is 0 Å². The van der Waals surface area contributed by atoms with Crippen molar-refractivity contribution in [1.82, 2.24) is 0 Å². The van der Waals surface area contributed by atoms with Crippen molar-refractivity contribution >= 4 is 22.7 Å². The number of fused-ring (bicyclic) bond motifs is 2. The summed E-state index contributed by atoms with van der Waals surface area (Å²) in [4.78, 5) is 12.6. The molecule has 0 unspecified atom stereocenters. The van der Waals surface area contributed by atoms with Crippen molar-refractivity contribution in [3.63, 3.8) is 0 Å². The molecule has 3 rings (SSSR count). The van der Waals surface area contributed by atoms with Gasteiger partial charge >= 0.3 is 0 Å². The number of benzene rings is 2. The van der Waals surface area contributed by atoms with E-state index in [1.54, 1.807) is 12.1 Å². The van der Waals surface area contributed by atoms with Gasteiger partial charge in [0.1, 0.15) is 0 Å². The number of aryl methyl sites for hydroxylation is 1. The van der Waals surface area contributed by atoms with Crippen molar-refractivity contribution in [2.75, 3.05) is 11.5 Å². The van der Waals surface area contributed by atoms with Crippen LogP contribution in [0.25, 0.3) is 5.57 Å². The van der Waals surface area contributed by atoms with Crippen molar-refractivity contribution in [3.05, 3.63) is 64.7 Å². The Balaban J connectivity index is 2.43. The minimum Gasteiger partial charge on any atom is -0.398 e. The topological polar surface area (TPSA) is 69.1 Å². The highest BCUT2D eigenvalue weighted by molar-refractivity contribution is 6.22. The predicted molar refractivity (Wildman–Crippen MR) is 78.0 cm³/mol. The van der Waals surface area contributed by atoms with Crippen LogP contribution in [-0.4, -0.2) is 5.78 Å². The van der Waals surface area contributed by atoms with E-state index in [0.717, 1.165) is 16.7 Å². The van der Waals surface area contributed by atoms with Crippen LogP contribution in [-0.2, 0) is 0 Å². The van der Waals surface area contributed by atoms with Crippen LogP contribution in [0.5, 0.6) is 0 Å². The number of ketones is 1. The molecule has 0 radical (unpaired) electrons. The maximum atomic E-state index is 12.6. The summed E-state index contributed by atoms with van der Waals surface area (Å²) in [5, 5.41) is 0. The lowest BCUT2D eigenvalue weighted by Crippen LogP contribution is -2.18. The van der Waals surface area contributed by atoms with Crippen LogP contribution in [0.3, 0.4) is 0 Å². The summed E-state index contributed by atoms with van der Waals surface area (Å²) in [5.41, 5.74) is 17.4. The molecule has 0 spiro atoms. The van der Waals surface area contributed by atoms with Crippen LogP contribution in [0.2, 0.25) is 0 Å². The van der Waals surface area contributed by atoms with E-state index in [1.807, 2.05) is 25.1 Å². The van der Waals surface area contributed by atoms with Crippen molar-refractivity contribution < 1.29 is 4.79 Å². The van der Waals surface area contributed by atoms with E-state index in [4.69, 9.17) is 11.5 Å². The van der Waals surface area contributed by atoms with Crippen LogP contribution in [0.1, 0.15) is 32.6 Å². The number of hydrogen-bond donors (Lipinski definition) is 2. The molecule has 94 valence electrons. The molecule has 2 aromatic rings. The molecule has 4 N–H and O–H groups in total. The first-order valence-electron chi connectivity index (χ1n) is 6.04. The number of carbonyl (C=O) groups is 1. The SMILES string of the molecule is C=C1c2ccccc2C(=O)c2c(N)cc(C)c(N)c21. The van der Waals surface area contributed by atoms with Gasteiger partial charge in [0.15, 0.2) is 5.78 Å². The number of nitrogens with two attached hydrogens (primary N) is 2. The summed E-state index contributed by atoms with van der Waals surface area (Å²) >= 11 is 0. The summed E-state index contributed by atoms with van der Waals surface area (Å²) in [6, 6.07) is 9.14. The number of carbonyl (C=O) groups excluding carboxylic acids is 1. The Morgan fingerprint density at radius 1 is 1.05 bits per heavy atom. The molecule has 0 atom stereocenters. The number of anilines is 2. The summed E-state index contributed by atoms with van der Waals surface area (Å²) in [7, 11) is 0. The lowest BCUT2D eigenvalue weighted by molar-refractivity contribution is 0.103. The maximum Gasteiger partial charge on any atom is 0.196 e. The maximum absolute atomic E-state index is 12.6. The van der Waals surface area contributed by atoms with Gasteiger partial charge in [-0.3, -0.25) is 4.79 Å². The van der Waals surface area contributed by atoms with Gasteiger partial charge < -0.3 is 11.5 Å². The zero-order valence-corrected chi connectivity index (χ0v) is 10.7. The molecule has 0 amide bonds. The second-order valence-electron chi connectivity index (χ2n) is 4.80. The van der Waals surface area contributed by atoms with E-state index in [1.165, 1.54) is 0 Å². The molecule has 0 fully saturated rings. The average molecular weight is 250 g/mol. The fourth-order valence-corrected chi connectivity index (χ4v) is 2.63. The van der Waals surface area contributed by atoms with Gasteiger partial charge in [0, 0.05) is 22.5 Å². The zero-order valence-electron chi connectivity index (χ0n) is 10.7. The molecule has 0 aliphatic heterocycles. The van der Waals surface area contributed by atoms with Crippen molar-refractivity contribution in [3.8, 4) is 0 Å². The lowest BCUT2D eigenvalue weighted by atomic mass is 9.79. The molecule has 1 aliphatic rings. The van der Waals surface area contributed by atoms with Gasteiger partial charge in [-0.05, 0) is 29.7 Å². The van der Waals surface area contributed by atoms with Gasteiger partial charge in [-0.1, -0.05) is 30.8 Å². The fraction of sp³-hybridized carbons (Fsp3) is 0.0625. The van der Waals surface area contributed by atoms with E-state index < -0.39 is 0 Å². The molecule has 0 bridgehead atoms. The van der Waals surface area contributed by atoms with Crippen LogP contribution < -0.4 is 11.5 Å². The number of rotatable bonds is 0. The van der Waals surface area contributed by atoms with Gasteiger partial charge in [-0.25, -0.2) is 0 Å². The van der Waals surface area contributed by atoms with Crippen molar-refractivity contribution in [2.45, 2.75) is 6.92 Å². The van der Waals surface area contributed by atoms with Gasteiger partial charge in [-0.2, -0.15) is 0 Å². The molecule has 0 saturated heterocycles. The molecule has 19 heavy (non-hydrogen) atoms. The molecule has 3 heteroatoms. The molecule has 0 aromatic heterocycles. The predicted octanol–water partition coefficient (Wildman–Crippen LogP) is 2.77. The first kappa shape index (κ1) is 11.5. The van der Waals surface area contributed by atoms with Crippen LogP contribution in [0.4, 0.5) is 11.4 Å². The van der Waals surface area contributed by atoms with E-state index in [2.05, 4.69) is 6.58 Å². The van der Waals surface area contributed by atoms with Gasteiger partial charge in [0.2, 0.25) is 0 Å². The molecule has 0 saturated carbocycles. The third kappa shape index (κ3) is 1.41. The Morgan fingerprint density at radius 3 is 2.37 bits per heavy atom. The quantitative estimate of drug-likeness (QED) is 0.603. The first-order valence-corrected chi connectivity index (χ1v) is 6.04. The monoisotopic (exact) mass is 250 g/mol. The summed E-state index contributed by atoms with van der Waals surface area (Å²) in [6.45, 7) is 5.97. The van der Waals surface area contributed by atoms with Gasteiger partial charge in [-0.15, -0.1) is 0 Å². The molecular formula is C16H14N2O. The third-order valence-electron chi connectivity index (χ3n) is 3.63. The van der Waals surface area contributed by atoms with Crippen molar-refractivity contribution in [1.29, 1.82) is 0 Å². The highest BCUT2D eigenvalue weighted by Crippen LogP contribution is 2.41. The van der Waals surface area contributed by atoms with Crippen LogP contribution in [0.15, 0.2) is 36.9 Å². The standard InChI is InChI=1S/C16H14N2O/c1-8-7-12(17)14-13(15(8)18)9(2)10-5-3-4-6-11(10)16(14)19/h3-7H,2,17-18H2,1H3. The summed E-state index contributed by atoms with van der Waals surface area (Å²) in [5.74, 6) is -0.0813. The van der Waals surface area contributed by atoms with E-state index in [-0.39, 0.29) is 5.78 Å². The Hall–Kier alpha value is -2.55. The average Bonchev–Trinajstić information content (AvgIpc) is 2.40. The van der Waals surface area contributed by atoms with E-state index in [0.29, 0.717) is 28.1 Å². The number of hydrogen-bond acceptors (Lipinski definition) is 3. The second-order valence-corrected chi connectivity index (χ2v) is 4.80. The second kappa shape index (κ2) is 3.72. The molecular weight excluding hydrogens is 236 g/mol. The van der Waals surface area contributed by atoms with Crippen LogP contribution in [0, 0.1) is 6.92 Å². The minimum absolute atomic E-state index is 0.0813. The van der Waals surface area contributed by atoms with Crippen molar-refractivity contribution in [2.24, 2.45) is 0 Å². The fourth-order valence-electron chi connectivity index (χ4n) is 2.63. The highest BCUT2D eigenvalue weighted by atomic mass is 16.1. The molecule has 3 nitrogen and oxygen atoms in total. The Kier molecular flexibility index (Phi) is 2.26. The molecule has 1 aliphatic carbocycles. The number of nitrogen functional groups attached to an aromatic ring is 2. The largest absolute Gasteiger partial charge is 0.398 e. The third-order valence-corrected chi connectivity index (χ3v) is 3.63. The van der Waals surface area contributed by atoms with Crippen LogP contribution >= 0.6 is 0 Å². The molecule has 2 aromatic carbocycles. The summed E-state index contributed by atoms with van der Waals surface area (Å²) < 4.78 is 0. The Bertz CT molecular complexity index is 745. The Morgan fingerprint density at radius 2 is 1.68 bits per heavy atom. The smallest absolute Gasteiger partial charge is 0.196 e. The lowest BCUT2D eigenvalue weighted by Gasteiger charge is -2.24. The Labute approximate surface area is 111 Å². The zero-order chi connectivity index (χ0) is 13.7. The van der Waals surface area contributed by atoms with E-state index in [9.17, 15) is 4.79 Å². The molecule has 0 heterocycles. The normalized spacial score (nSPS) is 13.1. The first-order chi connectivity index (χ1) is 9.02. The minimum atomic E-state index is -0.0813. The highest BCUT2D eigenvalue weighted by Gasteiger charge is 2.29.